The molecule has 5 rings (SSSR count). The molecule has 0 N–H and O–H groups in total. The van der Waals surface area contributed by atoms with Crippen molar-refractivity contribution in [3.8, 4) is 0 Å². The van der Waals surface area contributed by atoms with Crippen LogP contribution in [-0.2, 0) is 11.8 Å². The van der Waals surface area contributed by atoms with Crippen molar-refractivity contribution in [2.75, 3.05) is 0 Å². The molecule has 0 fully saturated rings. The second kappa shape index (κ2) is 6.10. The molecule has 0 saturated carbocycles. The number of fused-ring (bicyclic) bond motifs is 1. The quantitative estimate of drug-likeness (QED) is 0.490. The van der Waals surface area contributed by atoms with Crippen LogP contribution in [-0.4, -0.2) is 0 Å². The van der Waals surface area contributed by atoms with Gasteiger partial charge in [0.15, 0.2) is 0 Å². The molecule has 0 aliphatic heterocycles. The van der Waals surface area contributed by atoms with E-state index < -0.39 is 0 Å². The number of rotatable bonds is 0. The van der Waals surface area contributed by atoms with Crippen LogP contribution in [0.2, 0.25) is 0 Å². The zero-order chi connectivity index (χ0) is 21.6. The van der Waals surface area contributed by atoms with Crippen LogP contribution in [0.15, 0.2) is 70.4 Å². The monoisotopic (exact) mass is 394 g/mol. The summed E-state index contributed by atoms with van der Waals surface area (Å²) in [4.78, 5) is 0. The summed E-state index contributed by atoms with van der Waals surface area (Å²) in [6.07, 6.45) is 13.3. The average Bonchev–Trinajstić information content (AvgIpc) is 2.62. The largest absolute Gasteiger partial charge is 0.0683 e. The van der Waals surface area contributed by atoms with Crippen molar-refractivity contribution in [3.05, 3.63) is 91.9 Å². The molecule has 0 spiro atoms. The third kappa shape index (κ3) is 2.88. The summed E-state index contributed by atoms with van der Waals surface area (Å²) in [5.41, 5.74) is 13.4. The zero-order valence-electron chi connectivity index (χ0n) is 19.8. The molecule has 0 heteroatoms. The molecule has 1 atom stereocenters. The molecule has 0 heterocycles. The van der Waals surface area contributed by atoms with Gasteiger partial charge in [-0.25, -0.2) is 0 Å². The van der Waals surface area contributed by atoms with E-state index in [1.165, 1.54) is 60.6 Å². The first kappa shape index (κ1) is 19.6. The molecule has 1 aromatic carbocycles. The first-order valence-electron chi connectivity index (χ1n) is 11.4. The first-order valence-corrected chi connectivity index (χ1v) is 11.4. The van der Waals surface area contributed by atoms with Gasteiger partial charge in [0.2, 0.25) is 0 Å². The van der Waals surface area contributed by atoms with Gasteiger partial charge >= 0.3 is 0 Å². The Morgan fingerprint density at radius 3 is 2.20 bits per heavy atom. The van der Waals surface area contributed by atoms with Crippen molar-refractivity contribution in [2.45, 2.75) is 67.2 Å². The lowest BCUT2D eigenvalue weighted by Crippen LogP contribution is -2.42. The van der Waals surface area contributed by atoms with Gasteiger partial charge in [0.1, 0.15) is 0 Å². The Hall–Kier alpha value is -2.34. The normalized spacial score (nSPS) is 22.4. The van der Waals surface area contributed by atoms with E-state index in [0.29, 0.717) is 5.92 Å². The standard InChI is InChI=1S/C30H34/c1-17-9-19-13-21(29(3,4)5)15-25-26-16-22(30(6,7)8)14-20-10-18(2)12-24(28(20)26)23(11-17)27(19)25/h9,11-16,27H,10H2,1-8H3. The first-order chi connectivity index (χ1) is 13.9. The summed E-state index contributed by atoms with van der Waals surface area (Å²) < 4.78 is 0. The van der Waals surface area contributed by atoms with E-state index in [9.17, 15) is 0 Å². The topological polar surface area (TPSA) is 0 Å². The van der Waals surface area contributed by atoms with Crippen LogP contribution in [0.25, 0.3) is 11.1 Å². The number of hydrogen-bond acceptors (Lipinski definition) is 0. The highest BCUT2D eigenvalue weighted by atomic mass is 14.4. The fourth-order valence-electron chi connectivity index (χ4n) is 5.46. The van der Waals surface area contributed by atoms with Gasteiger partial charge in [0, 0.05) is 5.92 Å². The summed E-state index contributed by atoms with van der Waals surface area (Å²) in [6.45, 7) is 18.6. The third-order valence-corrected chi connectivity index (χ3v) is 7.07. The van der Waals surface area contributed by atoms with E-state index >= 15 is 0 Å². The fraction of sp³-hybridized carbons (Fsp3) is 0.400. The van der Waals surface area contributed by atoms with Crippen molar-refractivity contribution in [1.29, 1.82) is 0 Å². The van der Waals surface area contributed by atoms with Gasteiger partial charge in [-0.05, 0) is 80.5 Å². The van der Waals surface area contributed by atoms with E-state index in [-0.39, 0.29) is 10.8 Å². The summed E-state index contributed by atoms with van der Waals surface area (Å²) in [7, 11) is 0. The van der Waals surface area contributed by atoms with Gasteiger partial charge in [-0.2, -0.15) is 0 Å². The molecule has 1 aromatic rings. The molecular weight excluding hydrogens is 360 g/mol. The Bertz CT molecular complexity index is 1260. The van der Waals surface area contributed by atoms with Gasteiger partial charge in [-0.1, -0.05) is 95.2 Å². The van der Waals surface area contributed by atoms with Crippen molar-refractivity contribution in [3.63, 3.8) is 0 Å². The maximum absolute atomic E-state index is 2.51. The van der Waals surface area contributed by atoms with Gasteiger partial charge in [-0.15, -0.1) is 0 Å². The summed E-state index contributed by atoms with van der Waals surface area (Å²) in [5.74, 6) is 0.368. The van der Waals surface area contributed by atoms with E-state index in [2.05, 4.69) is 97.9 Å². The molecular formula is C30H34. The third-order valence-electron chi connectivity index (χ3n) is 7.07. The van der Waals surface area contributed by atoms with Crippen molar-refractivity contribution < 1.29 is 0 Å². The summed E-state index contributed by atoms with van der Waals surface area (Å²) in [6, 6.07) is 4.99. The molecule has 0 nitrogen and oxygen atoms in total. The number of allylic oxidation sites excluding steroid dienone is 10. The van der Waals surface area contributed by atoms with Gasteiger partial charge in [-0.3, -0.25) is 0 Å². The SMILES string of the molecule is CC1=CC2=CC(C(C)(C)C)=CC3=c4cc(C(C)(C)C)cc5c4=C(C=C(C)C5)C(=C1)C23. The van der Waals surface area contributed by atoms with E-state index in [4.69, 9.17) is 0 Å². The Balaban J connectivity index is 1.99. The summed E-state index contributed by atoms with van der Waals surface area (Å²) in [5, 5.41) is 2.96. The summed E-state index contributed by atoms with van der Waals surface area (Å²) >= 11 is 0. The van der Waals surface area contributed by atoms with Gasteiger partial charge < -0.3 is 0 Å². The molecule has 0 bridgehead atoms. The Morgan fingerprint density at radius 2 is 1.53 bits per heavy atom. The van der Waals surface area contributed by atoms with Crippen LogP contribution in [0.5, 0.6) is 0 Å². The minimum atomic E-state index is 0.135. The molecule has 4 aliphatic rings. The van der Waals surface area contributed by atoms with Crippen LogP contribution in [0.3, 0.4) is 0 Å². The van der Waals surface area contributed by atoms with Crippen molar-refractivity contribution >= 4 is 11.1 Å². The van der Waals surface area contributed by atoms with Crippen LogP contribution in [0.1, 0.15) is 66.5 Å². The molecule has 0 amide bonds. The zero-order valence-corrected chi connectivity index (χ0v) is 19.8. The lowest BCUT2D eigenvalue weighted by molar-refractivity contribution is 0.514. The van der Waals surface area contributed by atoms with Crippen LogP contribution in [0.4, 0.5) is 0 Å². The molecule has 0 aromatic heterocycles. The lowest BCUT2D eigenvalue weighted by Gasteiger charge is -2.38. The predicted molar refractivity (Wildman–Crippen MR) is 130 cm³/mol. The minimum absolute atomic E-state index is 0.135. The van der Waals surface area contributed by atoms with Gasteiger partial charge in [0.05, 0.1) is 0 Å². The van der Waals surface area contributed by atoms with E-state index in [1.54, 1.807) is 0 Å². The number of benzene rings is 1. The van der Waals surface area contributed by atoms with Crippen LogP contribution in [0, 0.1) is 11.3 Å². The van der Waals surface area contributed by atoms with E-state index in [0.717, 1.165) is 6.42 Å². The Kier molecular flexibility index (Phi) is 3.99. The Labute approximate surface area is 181 Å². The highest BCUT2D eigenvalue weighted by molar-refractivity contribution is 5.90. The molecule has 30 heavy (non-hydrogen) atoms. The van der Waals surface area contributed by atoms with Crippen molar-refractivity contribution in [2.24, 2.45) is 11.3 Å². The Morgan fingerprint density at radius 1 is 0.800 bits per heavy atom. The molecule has 0 radical (unpaired) electrons. The fourth-order valence-corrected chi connectivity index (χ4v) is 5.46. The second-order valence-corrected chi connectivity index (χ2v) is 11.8. The van der Waals surface area contributed by atoms with Crippen LogP contribution < -0.4 is 10.4 Å². The smallest absolute Gasteiger partial charge is 0.0352 e. The molecule has 1 unspecified atom stereocenters. The maximum atomic E-state index is 2.51. The van der Waals surface area contributed by atoms with E-state index in [1.807, 2.05) is 0 Å². The molecule has 154 valence electrons. The predicted octanol–water partition coefficient (Wildman–Crippen LogP) is 6.22. The number of hydrogen-bond donors (Lipinski definition) is 0. The van der Waals surface area contributed by atoms with Gasteiger partial charge in [0.25, 0.3) is 0 Å². The highest BCUT2D eigenvalue weighted by Crippen LogP contribution is 2.47. The molecule has 0 saturated heterocycles. The second-order valence-electron chi connectivity index (χ2n) is 11.8. The van der Waals surface area contributed by atoms with Crippen molar-refractivity contribution in [1.82, 2.24) is 0 Å². The maximum Gasteiger partial charge on any atom is 0.0352 e. The average molecular weight is 395 g/mol. The lowest BCUT2D eigenvalue weighted by atomic mass is 9.66. The molecule has 4 aliphatic carbocycles. The minimum Gasteiger partial charge on any atom is -0.0683 e. The highest BCUT2D eigenvalue weighted by Gasteiger charge is 2.35. The van der Waals surface area contributed by atoms with Crippen LogP contribution >= 0.6 is 0 Å².